The maximum atomic E-state index is 12.1. The minimum Gasteiger partial charge on any atom is -0.380 e. The molecule has 0 aliphatic rings. The van der Waals surface area contributed by atoms with Gasteiger partial charge in [0.2, 0.25) is 5.91 Å². The van der Waals surface area contributed by atoms with Crippen molar-refractivity contribution in [3.8, 4) is 0 Å². The summed E-state index contributed by atoms with van der Waals surface area (Å²) in [7, 11) is 1.77. The molecule has 1 aromatic rings. The van der Waals surface area contributed by atoms with E-state index in [1.165, 1.54) is 0 Å². The lowest BCUT2D eigenvalue weighted by Gasteiger charge is -2.23. The van der Waals surface area contributed by atoms with Crippen LogP contribution in [0.15, 0.2) is 28.7 Å². The molecule has 0 unspecified atom stereocenters. The first-order chi connectivity index (χ1) is 9.69. The van der Waals surface area contributed by atoms with E-state index in [0.29, 0.717) is 19.7 Å². The fourth-order valence-corrected chi connectivity index (χ4v) is 2.03. The van der Waals surface area contributed by atoms with Gasteiger partial charge in [0.1, 0.15) is 0 Å². The standard InChI is InChI=1S/C15H23BrN2O2/c1-3-4-10-20-11-9-18(15(19)12-17-2)14-7-5-13(16)6-8-14/h5-8,17H,3-4,9-12H2,1-2H3. The van der Waals surface area contributed by atoms with Crippen LogP contribution in [0.3, 0.4) is 0 Å². The Labute approximate surface area is 129 Å². The van der Waals surface area contributed by atoms with Crippen molar-refractivity contribution in [2.75, 3.05) is 38.3 Å². The number of hydrogen-bond donors (Lipinski definition) is 1. The highest BCUT2D eigenvalue weighted by Crippen LogP contribution is 2.18. The van der Waals surface area contributed by atoms with Gasteiger partial charge in [0.15, 0.2) is 0 Å². The Morgan fingerprint density at radius 1 is 1.30 bits per heavy atom. The fourth-order valence-electron chi connectivity index (χ4n) is 1.77. The van der Waals surface area contributed by atoms with E-state index in [0.717, 1.165) is 29.6 Å². The third-order valence-corrected chi connectivity index (χ3v) is 3.40. The third kappa shape index (κ3) is 6.03. The number of nitrogens with one attached hydrogen (secondary N) is 1. The minimum atomic E-state index is 0.0499. The van der Waals surface area contributed by atoms with Gasteiger partial charge in [0.05, 0.1) is 13.2 Å². The molecular formula is C15H23BrN2O2. The maximum absolute atomic E-state index is 12.1. The van der Waals surface area contributed by atoms with Crippen LogP contribution in [0, 0.1) is 0 Å². The maximum Gasteiger partial charge on any atom is 0.241 e. The molecule has 0 radical (unpaired) electrons. The Kier molecular flexibility index (Phi) is 8.49. The van der Waals surface area contributed by atoms with E-state index < -0.39 is 0 Å². The molecule has 4 nitrogen and oxygen atoms in total. The predicted octanol–water partition coefficient (Wildman–Crippen LogP) is 2.82. The fraction of sp³-hybridized carbons (Fsp3) is 0.533. The zero-order chi connectivity index (χ0) is 14.8. The molecule has 1 amide bonds. The molecule has 112 valence electrons. The number of benzene rings is 1. The monoisotopic (exact) mass is 342 g/mol. The van der Waals surface area contributed by atoms with Crippen molar-refractivity contribution in [2.45, 2.75) is 19.8 Å². The van der Waals surface area contributed by atoms with Gasteiger partial charge in [0, 0.05) is 23.3 Å². The molecule has 0 aliphatic carbocycles. The molecular weight excluding hydrogens is 320 g/mol. The average Bonchev–Trinajstić information content (AvgIpc) is 2.44. The number of unbranched alkanes of at least 4 members (excludes halogenated alkanes) is 1. The number of anilines is 1. The number of carbonyl (C=O) groups excluding carboxylic acids is 1. The van der Waals surface area contributed by atoms with Crippen molar-refractivity contribution in [3.63, 3.8) is 0 Å². The summed E-state index contributed by atoms with van der Waals surface area (Å²) < 4.78 is 6.56. The van der Waals surface area contributed by atoms with Crippen LogP contribution in [0.4, 0.5) is 5.69 Å². The van der Waals surface area contributed by atoms with E-state index >= 15 is 0 Å². The predicted molar refractivity (Wildman–Crippen MR) is 86.1 cm³/mol. The quantitative estimate of drug-likeness (QED) is 0.701. The Morgan fingerprint density at radius 2 is 2.00 bits per heavy atom. The molecule has 0 saturated heterocycles. The first-order valence-corrected chi connectivity index (χ1v) is 7.76. The molecule has 5 heteroatoms. The number of amides is 1. The normalized spacial score (nSPS) is 10.6. The summed E-state index contributed by atoms with van der Waals surface area (Å²) in [5.74, 6) is 0.0499. The molecule has 20 heavy (non-hydrogen) atoms. The van der Waals surface area contributed by atoms with Gasteiger partial charge in [-0.15, -0.1) is 0 Å². The minimum absolute atomic E-state index is 0.0499. The van der Waals surface area contributed by atoms with Crippen molar-refractivity contribution < 1.29 is 9.53 Å². The molecule has 0 aromatic heterocycles. The number of ether oxygens (including phenoxy) is 1. The smallest absolute Gasteiger partial charge is 0.241 e. The summed E-state index contributed by atoms with van der Waals surface area (Å²) in [5, 5.41) is 2.90. The second-order valence-electron chi connectivity index (χ2n) is 4.52. The van der Waals surface area contributed by atoms with Crippen LogP contribution in [0.2, 0.25) is 0 Å². The van der Waals surface area contributed by atoms with Gasteiger partial charge in [-0.1, -0.05) is 29.3 Å². The molecule has 0 spiro atoms. The molecule has 0 bridgehead atoms. The average molecular weight is 343 g/mol. The Morgan fingerprint density at radius 3 is 2.60 bits per heavy atom. The first kappa shape index (κ1) is 17.1. The zero-order valence-electron chi connectivity index (χ0n) is 12.2. The summed E-state index contributed by atoms with van der Waals surface area (Å²) in [6, 6.07) is 7.74. The van der Waals surface area contributed by atoms with Crippen LogP contribution in [0.5, 0.6) is 0 Å². The van der Waals surface area contributed by atoms with E-state index in [1.54, 1.807) is 11.9 Å². The van der Waals surface area contributed by atoms with Crippen LogP contribution in [-0.4, -0.2) is 39.3 Å². The topological polar surface area (TPSA) is 41.6 Å². The molecule has 0 heterocycles. The van der Waals surface area contributed by atoms with Crippen LogP contribution in [0.1, 0.15) is 19.8 Å². The summed E-state index contributed by atoms with van der Waals surface area (Å²) in [4.78, 5) is 13.9. The molecule has 1 aromatic carbocycles. The van der Waals surface area contributed by atoms with Gasteiger partial charge < -0.3 is 15.0 Å². The zero-order valence-corrected chi connectivity index (χ0v) is 13.8. The number of halogens is 1. The molecule has 0 aliphatic heterocycles. The second kappa shape index (κ2) is 9.91. The van der Waals surface area contributed by atoms with Crippen LogP contribution in [0.25, 0.3) is 0 Å². The van der Waals surface area contributed by atoms with Gasteiger partial charge in [-0.2, -0.15) is 0 Å². The van der Waals surface area contributed by atoms with E-state index in [-0.39, 0.29) is 5.91 Å². The van der Waals surface area contributed by atoms with E-state index in [2.05, 4.69) is 28.2 Å². The van der Waals surface area contributed by atoms with Crippen LogP contribution in [-0.2, 0) is 9.53 Å². The molecule has 1 N–H and O–H groups in total. The summed E-state index contributed by atoms with van der Waals surface area (Å²) >= 11 is 3.40. The van der Waals surface area contributed by atoms with Gasteiger partial charge >= 0.3 is 0 Å². The second-order valence-corrected chi connectivity index (χ2v) is 5.43. The van der Waals surface area contributed by atoms with Gasteiger partial charge in [-0.25, -0.2) is 0 Å². The van der Waals surface area contributed by atoms with Crippen molar-refractivity contribution in [2.24, 2.45) is 0 Å². The van der Waals surface area contributed by atoms with E-state index in [1.807, 2.05) is 24.3 Å². The summed E-state index contributed by atoms with van der Waals surface area (Å²) in [6.45, 7) is 4.35. The number of likely N-dealkylation sites (N-methyl/N-ethyl adjacent to an activating group) is 1. The van der Waals surface area contributed by atoms with Crippen molar-refractivity contribution in [3.05, 3.63) is 28.7 Å². The van der Waals surface area contributed by atoms with Crippen molar-refractivity contribution in [1.82, 2.24) is 5.32 Å². The number of nitrogens with zero attached hydrogens (tertiary/aromatic N) is 1. The molecule has 0 atom stereocenters. The molecule has 1 rings (SSSR count). The third-order valence-electron chi connectivity index (χ3n) is 2.87. The lowest BCUT2D eigenvalue weighted by Crippen LogP contribution is -2.39. The lowest BCUT2D eigenvalue weighted by molar-refractivity contribution is -0.117. The Bertz CT molecular complexity index is 395. The van der Waals surface area contributed by atoms with Gasteiger partial charge in [-0.3, -0.25) is 4.79 Å². The summed E-state index contributed by atoms with van der Waals surface area (Å²) in [6.07, 6.45) is 2.18. The number of rotatable bonds is 9. The lowest BCUT2D eigenvalue weighted by atomic mass is 10.3. The highest BCUT2D eigenvalue weighted by Gasteiger charge is 2.14. The van der Waals surface area contributed by atoms with Gasteiger partial charge in [-0.05, 0) is 37.7 Å². The molecule has 0 saturated carbocycles. The highest BCUT2D eigenvalue weighted by atomic mass is 79.9. The van der Waals surface area contributed by atoms with Crippen molar-refractivity contribution in [1.29, 1.82) is 0 Å². The SMILES string of the molecule is CCCCOCCN(C(=O)CNC)c1ccc(Br)cc1. The van der Waals surface area contributed by atoms with Crippen LogP contribution < -0.4 is 10.2 Å². The Balaban J connectivity index is 2.60. The highest BCUT2D eigenvalue weighted by molar-refractivity contribution is 9.10. The van der Waals surface area contributed by atoms with Crippen LogP contribution >= 0.6 is 15.9 Å². The number of carbonyl (C=O) groups is 1. The van der Waals surface area contributed by atoms with Gasteiger partial charge in [0.25, 0.3) is 0 Å². The molecule has 0 fully saturated rings. The summed E-state index contributed by atoms with van der Waals surface area (Å²) in [5.41, 5.74) is 0.896. The largest absolute Gasteiger partial charge is 0.380 e. The number of hydrogen-bond acceptors (Lipinski definition) is 3. The van der Waals surface area contributed by atoms with E-state index in [4.69, 9.17) is 4.74 Å². The van der Waals surface area contributed by atoms with E-state index in [9.17, 15) is 4.79 Å². The Hall–Kier alpha value is -0.910. The first-order valence-electron chi connectivity index (χ1n) is 6.97. The van der Waals surface area contributed by atoms with Crippen molar-refractivity contribution >= 4 is 27.5 Å².